The van der Waals surface area contributed by atoms with E-state index >= 15 is 0 Å². The van der Waals surface area contributed by atoms with Gasteiger partial charge in [0, 0.05) is 11.4 Å². The van der Waals surface area contributed by atoms with Crippen LogP contribution in [0.3, 0.4) is 0 Å². The second kappa shape index (κ2) is 12.9. The molecule has 0 fully saturated rings. The number of carbonyl (C=O) groups is 4. The van der Waals surface area contributed by atoms with E-state index in [1.54, 1.807) is 24.3 Å². The van der Waals surface area contributed by atoms with E-state index in [0.717, 1.165) is 77.9 Å². The van der Waals surface area contributed by atoms with Crippen LogP contribution >= 0.6 is 0 Å². The number of hydrogen-bond donors (Lipinski definition) is 2. The molecule has 4 N–H and O–H groups in total. The SMILES string of the molecule is Cc1c(C)c(N2C(=O)c3ccc(-c4ccc(N)cc4)cc3C2=O)c(C)c(C)c1-c1c(C)c(C)c(N2C(=O)c3ccc(-c4ccc(N)cc4)cc3C2=O)c(C)c1C. The summed E-state index contributed by atoms with van der Waals surface area (Å²) >= 11 is 0. The van der Waals surface area contributed by atoms with Gasteiger partial charge >= 0.3 is 0 Å². The van der Waals surface area contributed by atoms with Gasteiger partial charge in [-0.15, -0.1) is 0 Å². The van der Waals surface area contributed by atoms with Crippen molar-refractivity contribution in [3.05, 3.63) is 152 Å². The number of hydrogen-bond acceptors (Lipinski definition) is 6. The molecule has 0 radical (unpaired) electrons. The van der Waals surface area contributed by atoms with Crippen molar-refractivity contribution in [3.8, 4) is 33.4 Å². The van der Waals surface area contributed by atoms with Gasteiger partial charge in [0.25, 0.3) is 23.6 Å². The molecule has 56 heavy (non-hydrogen) atoms. The van der Waals surface area contributed by atoms with E-state index in [1.165, 1.54) is 9.80 Å². The normalized spacial score (nSPS) is 13.6. The van der Waals surface area contributed by atoms with E-state index in [4.69, 9.17) is 11.5 Å². The molecule has 2 aliphatic heterocycles. The zero-order valence-electron chi connectivity index (χ0n) is 32.8. The van der Waals surface area contributed by atoms with Crippen LogP contribution in [0.25, 0.3) is 33.4 Å². The molecule has 4 amide bonds. The van der Waals surface area contributed by atoms with Crippen molar-refractivity contribution in [2.75, 3.05) is 21.3 Å². The van der Waals surface area contributed by atoms with Gasteiger partial charge in [-0.1, -0.05) is 36.4 Å². The van der Waals surface area contributed by atoms with Crippen molar-refractivity contribution < 1.29 is 19.2 Å². The summed E-state index contributed by atoms with van der Waals surface area (Å²) in [5, 5.41) is 0. The summed E-state index contributed by atoms with van der Waals surface area (Å²) in [5.74, 6) is -1.41. The van der Waals surface area contributed by atoms with Crippen LogP contribution in [0.4, 0.5) is 22.7 Å². The third kappa shape index (κ3) is 5.20. The Kier molecular flexibility index (Phi) is 8.34. The molecule has 0 aromatic heterocycles. The topological polar surface area (TPSA) is 127 Å². The van der Waals surface area contributed by atoms with Gasteiger partial charge in [0.2, 0.25) is 0 Å². The Morgan fingerprint density at radius 2 is 0.607 bits per heavy atom. The quantitative estimate of drug-likeness (QED) is 0.134. The van der Waals surface area contributed by atoms with Crippen LogP contribution in [0.2, 0.25) is 0 Å². The average Bonchev–Trinajstić information content (AvgIpc) is 3.58. The first kappa shape index (κ1) is 36.2. The molecule has 6 aromatic rings. The summed E-state index contributed by atoms with van der Waals surface area (Å²) in [7, 11) is 0. The largest absolute Gasteiger partial charge is 0.399 e. The second-order valence-electron chi connectivity index (χ2n) is 15.1. The predicted octanol–water partition coefficient (Wildman–Crippen LogP) is 9.92. The maximum absolute atomic E-state index is 14.1. The monoisotopic (exact) mass is 738 g/mol. The first-order chi connectivity index (χ1) is 26.6. The molecule has 6 aromatic carbocycles. The molecule has 2 aliphatic rings. The number of carbonyl (C=O) groups excluding carboxylic acids is 4. The number of amides is 4. The summed E-state index contributed by atoms with van der Waals surface area (Å²) in [6.07, 6.45) is 0. The molecule has 0 aliphatic carbocycles. The standard InChI is InChI=1S/C48H42N4O4/c1-23-27(5)43(51-45(53)37-19-13-33(21-39(37)47(51)55)31-9-15-35(49)16-10-31)28(6)24(2)41(23)42-25(3)29(7)44(30(8)26(42)4)52-46(54)38-20-14-34(22-40(38)48(52)56)32-11-17-36(50)18-12-32/h9-22H,49-50H2,1-8H3. The van der Waals surface area contributed by atoms with E-state index in [9.17, 15) is 19.2 Å². The Balaban J connectivity index is 1.19. The average molecular weight is 739 g/mol. The van der Waals surface area contributed by atoms with Gasteiger partial charge in [-0.25, -0.2) is 9.80 Å². The molecule has 0 spiro atoms. The molecule has 0 saturated carbocycles. The van der Waals surface area contributed by atoms with Gasteiger partial charge in [-0.3, -0.25) is 19.2 Å². The number of imide groups is 2. The highest BCUT2D eigenvalue weighted by atomic mass is 16.2. The third-order valence-electron chi connectivity index (χ3n) is 12.1. The fraction of sp³-hybridized carbons (Fsp3) is 0.167. The number of fused-ring (bicyclic) bond motifs is 2. The number of nitrogens with two attached hydrogens (primary N) is 2. The molecule has 0 bridgehead atoms. The van der Waals surface area contributed by atoms with Crippen molar-refractivity contribution in [2.45, 2.75) is 55.4 Å². The fourth-order valence-corrected chi connectivity index (χ4v) is 8.60. The summed E-state index contributed by atoms with van der Waals surface area (Å²) in [5.41, 5.74) is 28.3. The van der Waals surface area contributed by atoms with Crippen LogP contribution in [-0.4, -0.2) is 23.6 Å². The number of anilines is 4. The number of benzene rings is 6. The van der Waals surface area contributed by atoms with Crippen molar-refractivity contribution in [2.24, 2.45) is 0 Å². The van der Waals surface area contributed by atoms with Gasteiger partial charge in [0.1, 0.15) is 0 Å². The van der Waals surface area contributed by atoms with Crippen LogP contribution < -0.4 is 21.3 Å². The molecule has 8 heteroatoms. The zero-order valence-corrected chi connectivity index (χ0v) is 32.8. The smallest absolute Gasteiger partial charge is 0.266 e. The van der Waals surface area contributed by atoms with E-state index in [-0.39, 0.29) is 23.6 Å². The highest BCUT2D eigenvalue weighted by molar-refractivity contribution is 6.36. The summed E-state index contributed by atoms with van der Waals surface area (Å²) in [4.78, 5) is 59.0. The van der Waals surface area contributed by atoms with Crippen LogP contribution in [-0.2, 0) is 0 Å². The summed E-state index contributed by atoms with van der Waals surface area (Å²) < 4.78 is 0. The molecule has 8 nitrogen and oxygen atoms in total. The highest BCUT2D eigenvalue weighted by Crippen LogP contribution is 2.47. The minimum atomic E-state index is -0.357. The van der Waals surface area contributed by atoms with E-state index in [2.05, 4.69) is 0 Å². The van der Waals surface area contributed by atoms with E-state index < -0.39 is 0 Å². The Morgan fingerprint density at radius 1 is 0.339 bits per heavy atom. The zero-order chi connectivity index (χ0) is 40.1. The third-order valence-corrected chi connectivity index (χ3v) is 12.1. The van der Waals surface area contributed by atoms with Gasteiger partial charge in [0.05, 0.1) is 33.6 Å². The minimum Gasteiger partial charge on any atom is -0.399 e. The highest BCUT2D eigenvalue weighted by Gasteiger charge is 2.41. The molecular formula is C48H42N4O4. The van der Waals surface area contributed by atoms with Crippen LogP contribution in [0, 0.1) is 55.4 Å². The Morgan fingerprint density at radius 3 is 0.911 bits per heavy atom. The van der Waals surface area contributed by atoms with Crippen LogP contribution in [0.15, 0.2) is 84.9 Å². The molecule has 8 rings (SSSR count). The van der Waals surface area contributed by atoms with Crippen molar-refractivity contribution >= 4 is 46.4 Å². The number of nitrogen functional groups attached to an aromatic ring is 2. The van der Waals surface area contributed by atoms with Gasteiger partial charge in [0.15, 0.2) is 0 Å². The maximum atomic E-state index is 14.1. The molecule has 278 valence electrons. The van der Waals surface area contributed by atoms with E-state index in [0.29, 0.717) is 45.0 Å². The van der Waals surface area contributed by atoms with Gasteiger partial charge in [-0.05, 0) is 182 Å². The molecule has 0 saturated heterocycles. The minimum absolute atomic E-state index is 0.350. The van der Waals surface area contributed by atoms with Crippen molar-refractivity contribution in [1.29, 1.82) is 0 Å². The first-order valence-electron chi connectivity index (χ1n) is 18.6. The number of nitrogens with zero attached hydrogens (tertiary/aromatic N) is 2. The molecular weight excluding hydrogens is 697 g/mol. The number of rotatable bonds is 5. The molecule has 0 atom stereocenters. The first-order valence-corrected chi connectivity index (χ1v) is 18.6. The lowest BCUT2D eigenvalue weighted by Crippen LogP contribution is -2.31. The van der Waals surface area contributed by atoms with Crippen LogP contribution in [0.1, 0.15) is 85.9 Å². The summed E-state index contributed by atoms with van der Waals surface area (Å²) in [6.45, 7) is 15.9. The summed E-state index contributed by atoms with van der Waals surface area (Å²) in [6, 6.07) is 25.6. The molecule has 2 heterocycles. The van der Waals surface area contributed by atoms with E-state index in [1.807, 2.05) is 116 Å². The fourth-order valence-electron chi connectivity index (χ4n) is 8.60. The lowest BCUT2D eigenvalue weighted by atomic mass is 9.81. The van der Waals surface area contributed by atoms with Crippen molar-refractivity contribution in [3.63, 3.8) is 0 Å². The predicted molar refractivity (Wildman–Crippen MR) is 225 cm³/mol. The Bertz CT molecular complexity index is 2510. The lowest BCUT2D eigenvalue weighted by Gasteiger charge is -2.29. The Labute approximate surface area is 326 Å². The Hall–Kier alpha value is -6.80. The van der Waals surface area contributed by atoms with Gasteiger partial charge in [-0.2, -0.15) is 0 Å². The maximum Gasteiger partial charge on any atom is 0.266 e. The molecule has 0 unspecified atom stereocenters. The lowest BCUT2D eigenvalue weighted by molar-refractivity contribution is 0.0910. The second-order valence-corrected chi connectivity index (χ2v) is 15.1. The van der Waals surface area contributed by atoms with Crippen LogP contribution in [0.5, 0.6) is 0 Å². The van der Waals surface area contributed by atoms with Gasteiger partial charge < -0.3 is 11.5 Å². The van der Waals surface area contributed by atoms with Crippen molar-refractivity contribution in [1.82, 2.24) is 0 Å².